The molecule has 1 heterocycles. The van der Waals surface area contributed by atoms with E-state index in [1.807, 2.05) is 49.4 Å². The minimum absolute atomic E-state index is 0.0449. The van der Waals surface area contributed by atoms with Crippen molar-refractivity contribution in [2.45, 2.75) is 18.9 Å². The first-order valence-electron chi connectivity index (χ1n) is 8.33. The first-order valence-corrected chi connectivity index (χ1v) is 8.33. The van der Waals surface area contributed by atoms with Crippen molar-refractivity contribution in [2.24, 2.45) is 10.7 Å². The van der Waals surface area contributed by atoms with Crippen LogP contribution in [0.25, 0.3) is 11.1 Å². The van der Waals surface area contributed by atoms with Crippen molar-refractivity contribution in [1.82, 2.24) is 4.90 Å². The van der Waals surface area contributed by atoms with Crippen LogP contribution in [-0.2, 0) is 10.3 Å². The molecule has 3 rings (SSSR count). The van der Waals surface area contributed by atoms with Gasteiger partial charge in [0.1, 0.15) is 0 Å². The number of rotatable bonds is 4. The lowest BCUT2D eigenvalue weighted by Crippen LogP contribution is -2.47. The zero-order valence-corrected chi connectivity index (χ0v) is 15.4. The SMILES string of the molecule is COc1ccc(-c2cccc(C3(C)CC(=O)N(C)C(N)=N3)c2)cc1OC. The lowest BCUT2D eigenvalue weighted by molar-refractivity contribution is -0.128. The van der Waals surface area contributed by atoms with E-state index in [1.165, 1.54) is 4.90 Å². The fourth-order valence-corrected chi connectivity index (χ4v) is 3.12. The van der Waals surface area contributed by atoms with Crippen molar-refractivity contribution in [3.05, 3.63) is 48.0 Å². The van der Waals surface area contributed by atoms with Crippen molar-refractivity contribution in [2.75, 3.05) is 21.3 Å². The summed E-state index contributed by atoms with van der Waals surface area (Å²) in [6.45, 7) is 1.93. The number of nitrogens with zero attached hydrogens (tertiary/aromatic N) is 2. The molecule has 2 aromatic rings. The number of aliphatic imine (C=N–C) groups is 1. The van der Waals surface area contributed by atoms with Gasteiger partial charge >= 0.3 is 0 Å². The number of amides is 1. The highest BCUT2D eigenvalue weighted by atomic mass is 16.5. The maximum Gasteiger partial charge on any atom is 0.231 e. The minimum atomic E-state index is -0.680. The fourth-order valence-electron chi connectivity index (χ4n) is 3.12. The monoisotopic (exact) mass is 353 g/mol. The third-order valence-electron chi connectivity index (χ3n) is 4.78. The maximum atomic E-state index is 12.2. The topological polar surface area (TPSA) is 77.2 Å². The van der Waals surface area contributed by atoms with E-state index >= 15 is 0 Å². The van der Waals surface area contributed by atoms with E-state index < -0.39 is 5.54 Å². The summed E-state index contributed by atoms with van der Waals surface area (Å²) in [6, 6.07) is 13.8. The summed E-state index contributed by atoms with van der Waals surface area (Å²) in [5, 5.41) is 0. The molecule has 26 heavy (non-hydrogen) atoms. The van der Waals surface area contributed by atoms with E-state index in [0.29, 0.717) is 11.5 Å². The zero-order chi connectivity index (χ0) is 18.9. The van der Waals surface area contributed by atoms with Crippen LogP contribution >= 0.6 is 0 Å². The van der Waals surface area contributed by atoms with Crippen molar-refractivity contribution >= 4 is 11.9 Å². The smallest absolute Gasteiger partial charge is 0.231 e. The molecule has 1 aliphatic heterocycles. The molecule has 1 atom stereocenters. The van der Waals surface area contributed by atoms with Crippen molar-refractivity contribution in [3.63, 3.8) is 0 Å². The molecule has 0 saturated heterocycles. The molecule has 6 heteroatoms. The number of benzene rings is 2. The first kappa shape index (κ1) is 17.8. The summed E-state index contributed by atoms with van der Waals surface area (Å²) in [4.78, 5) is 18.2. The van der Waals surface area contributed by atoms with Gasteiger partial charge in [0, 0.05) is 7.05 Å². The van der Waals surface area contributed by atoms with E-state index in [9.17, 15) is 4.79 Å². The van der Waals surface area contributed by atoms with Crippen LogP contribution in [0, 0.1) is 0 Å². The summed E-state index contributed by atoms with van der Waals surface area (Å²) in [5.74, 6) is 1.53. The molecule has 0 saturated carbocycles. The van der Waals surface area contributed by atoms with Crippen LogP contribution in [0.2, 0.25) is 0 Å². The van der Waals surface area contributed by atoms with Gasteiger partial charge in [-0.15, -0.1) is 0 Å². The normalized spacial score (nSPS) is 19.9. The van der Waals surface area contributed by atoms with E-state index in [2.05, 4.69) is 4.99 Å². The van der Waals surface area contributed by atoms with Crippen LogP contribution < -0.4 is 15.2 Å². The van der Waals surface area contributed by atoms with Crippen LogP contribution in [0.15, 0.2) is 47.5 Å². The molecule has 136 valence electrons. The second-order valence-corrected chi connectivity index (χ2v) is 6.52. The third-order valence-corrected chi connectivity index (χ3v) is 4.78. The van der Waals surface area contributed by atoms with Gasteiger partial charge in [0.2, 0.25) is 5.91 Å². The number of guanidine groups is 1. The Bertz CT molecular complexity index is 878. The first-order chi connectivity index (χ1) is 12.4. The van der Waals surface area contributed by atoms with Crippen molar-refractivity contribution in [1.29, 1.82) is 0 Å². The van der Waals surface area contributed by atoms with Gasteiger partial charge in [0.15, 0.2) is 17.5 Å². The maximum absolute atomic E-state index is 12.2. The van der Waals surface area contributed by atoms with E-state index in [4.69, 9.17) is 15.2 Å². The highest BCUT2D eigenvalue weighted by Gasteiger charge is 2.36. The molecule has 1 amide bonds. The minimum Gasteiger partial charge on any atom is -0.493 e. The quantitative estimate of drug-likeness (QED) is 0.917. The number of hydrogen-bond acceptors (Lipinski definition) is 5. The molecule has 2 N–H and O–H groups in total. The fraction of sp³-hybridized carbons (Fsp3) is 0.300. The molecular formula is C20H23N3O3. The Balaban J connectivity index is 2.03. The van der Waals surface area contributed by atoms with Crippen LogP contribution in [-0.4, -0.2) is 38.0 Å². The number of ether oxygens (including phenoxy) is 2. The average molecular weight is 353 g/mol. The summed E-state index contributed by atoms with van der Waals surface area (Å²) in [7, 11) is 4.86. The highest BCUT2D eigenvalue weighted by molar-refractivity contribution is 5.98. The van der Waals surface area contributed by atoms with Crippen LogP contribution in [0.5, 0.6) is 11.5 Å². The molecule has 0 bridgehead atoms. The highest BCUT2D eigenvalue weighted by Crippen LogP contribution is 2.37. The predicted octanol–water partition coefficient (Wildman–Crippen LogP) is 2.76. The second kappa shape index (κ2) is 6.71. The van der Waals surface area contributed by atoms with Gasteiger partial charge in [-0.2, -0.15) is 0 Å². The lowest BCUT2D eigenvalue weighted by Gasteiger charge is -2.33. The number of methoxy groups -OCH3 is 2. The largest absolute Gasteiger partial charge is 0.493 e. The number of carbonyl (C=O) groups excluding carboxylic acids is 1. The van der Waals surface area contributed by atoms with Crippen LogP contribution in [0.3, 0.4) is 0 Å². The Morgan fingerprint density at radius 1 is 1.08 bits per heavy atom. The molecule has 0 aromatic heterocycles. The van der Waals surface area contributed by atoms with E-state index in [0.717, 1.165) is 16.7 Å². The van der Waals surface area contributed by atoms with Gasteiger partial charge in [-0.3, -0.25) is 9.69 Å². The Labute approximate surface area is 153 Å². The second-order valence-electron chi connectivity index (χ2n) is 6.52. The van der Waals surface area contributed by atoms with Gasteiger partial charge in [-0.05, 0) is 41.8 Å². The molecular weight excluding hydrogens is 330 g/mol. The van der Waals surface area contributed by atoms with Gasteiger partial charge in [-0.25, -0.2) is 4.99 Å². The summed E-state index contributed by atoms with van der Waals surface area (Å²) < 4.78 is 10.7. The molecule has 2 aromatic carbocycles. The Morgan fingerprint density at radius 3 is 2.42 bits per heavy atom. The number of nitrogens with two attached hydrogens (primary N) is 1. The summed E-state index contributed by atoms with van der Waals surface area (Å²) >= 11 is 0. The molecule has 0 spiro atoms. The third kappa shape index (κ3) is 3.10. The van der Waals surface area contributed by atoms with E-state index in [1.54, 1.807) is 21.3 Å². The molecule has 1 aliphatic rings. The van der Waals surface area contributed by atoms with Crippen molar-refractivity contribution in [3.8, 4) is 22.6 Å². The molecule has 0 aliphatic carbocycles. The zero-order valence-electron chi connectivity index (χ0n) is 15.4. The molecule has 0 radical (unpaired) electrons. The van der Waals surface area contributed by atoms with E-state index in [-0.39, 0.29) is 18.3 Å². The standard InChI is InChI=1S/C20H23N3O3/c1-20(12-18(24)23(2)19(21)22-20)15-7-5-6-13(10-15)14-8-9-16(25-3)17(11-14)26-4/h5-11H,12H2,1-4H3,(H2,21,22). The molecule has 1 unspecified atom stereocenters. The number of carbonyl (C=O) groups is 1. The average Bonchev–Trinajstić information content (AvgIpc) is 2.65. The van der Waals surface area contributed by atoms with Crippen LogP contribution in [0.4, 0.5) is 0 Å². The Kier molecular flexibility index (Phi) is 4.59. The van der Waals surface area contributed by atoms with Gasteiger partial charge in [0.05, 0.1) is 26.2 Å². The van der Waals surface area contributed by atoms with Crippen molar-refractivity contribution < 1.29 is 14.3 Å². The Morgan fingerprint density at radius 2 is 1.77 bits per heavy atom. The molecule has 6 nitrogen and oxygen atoms in total. The predicted molar refractivity (Wildman–Crippen MR) is 101 cm³/mol. The van der Waals surface area contributed by atoms with Gasteiger partial charge < -0.3 is 15.2 Å². The molecule has 0 fully saturated rings. The van der Waals surface area contributed by atoms with Gasteiger partial charge in [0.25, 0.3) is 0 Å². The summed E-state index contributed by atoms with van der Waals surface area (Å²) in [5.41, 5.74) is 8.18. The van der Waals surface area contributed by atoms with Crippen LogP contribution in [0.1, 0.15) is 18.9 Å². The Hall–Kier alpha value is -3.02. The lowest BCUT2D eigenvalue weighted by atomic mass is 9.86. The van der Waals surface area contributed by atoms with Gasteiger partial charge in [-0.1, -0.05) is 24.3 Å². The summed E-state index contributed by atoms with van der Waals surface area (Å²) in [6.07, 6.45) is 0.277. The number of hydrogen-bond donors (Lipinski definition) is 1.